The van der Waals surface area contributed by atoms with Crippen LogP contribution >= 0.6 is 0 Å². The number of nitrogen functional groups attached to an aromatic ring is 2. The van der Waals surface area contributed by atoms with Crippen molar-refractivity contribution in [2.75, 3.05) is 18.1 Å². The van der Waals surface area contributed by atoms with E-state index in [-0.39, 0.29) is 11.6 Å². The molecule has 2 aromatic rings. The van der Waals surface area contributed by atoms with E-state index in [1.54, 1.807) is 6.20 Å². The Morgan fingerprint density at radius 3 is 2.94 bits per heavy atom. The summed E-state index contributed by atoms with van der Waals surface area (Å²) in [5, 5.41) is 0. The van der Waals surface area contributed by atoms with Crippen molar-refractivity contribution < 1.29 is 4.74 Å². The van der Waals surface area contributed by atoms with Crippen molar-refractivity contribution in [2.45, 2.75) is 12.8 Å². The Bertz CT molecular complexity index is 598. The first-order valence-corrected chi connectivity index (χ1v) is 5.84. The normalized spacial score (nSPS) is 13.1. The topological polar surface area (TPSA) is 87.0 Å². The number of nitrogens with zero attached hydrogens (tertiary/aromatic N) is 2. The maximum Gasteiger partial charge on any atom is 0.166 e. The van der Waals surface area contributed by atoms with Crippen LogP contribution in [0.5, 0.6) is 5.75 Å². The van der Waals surface area contributed by atoms with E-state index < -0.39 is 0 Å². The fraction of sp³-hybridized carbons (Fsp3) is 0.231. The van der Waals surface area contributed by atoms with Gasteiger partial charge in [0, 0.05) is 12.8 Å². The van der Waals surface area contributed by atoms with Crippen molar-refractivity contribution in [1.82, 2.24) is 9.97 Å². The molecule has 4 N–H and O–H groups in total. The lowest BCUT2D eigenvalue weighted by Crippen LogP contribution is -2.04. The van der Waals surface area contributed by atoms with Gasteiger partial charge in [0.1, 0.15) is 5.75 Å². The minimum atomic E-state index is 0.279. The van der Waals surface area contributed by atoms with Gasteiger partial charge in [0.05, 0.1) is 18.5 Å². The predicted octanol–water partition coefficient (Wildman–Crippen LogP) is 1.17. The minimum absolute atomic E-state index is 0.279. The third kappa shape index (κ3) is 1.95. The molecule has 18 heavy (non-hydrogen) atoms. The second kappa shape index (κ2) is 4.18. The molecular weight excluding hydrogens is 228 g/mol. The molecule has 1 aromatic carbocycles. The van der Waals surface area contributed by atoms with Gasteiger partial charge in [-0.15, -0.1) is 0 Å². The van der Waals surface area contributed by atoms with Crippen molar-refractivity contribution >= 4 is 11.6 Å². The number of hydrogen-bond acceptors (Lipinski definition) is 5. The third-order valence-electron chi connectivity index (χ3n) is 3.02. The number of anilines is 2. The Balaban J connectivity index is 1.85. The van der Waals surface area contributed by atoms with Crippen molar-refractivity contribution in [3.63, 3.8) is 0 Å². The number of fused-ring (bicyclic) bond motifs is 1. The molecule has 0 aliphatic carbocycles. The van der Waals surface area contributed by atoms with Gasteiger partial charge in [0.15, 0.2) is 11.6 Å². The Morgan fingerprint density at radius 1 is 1.22 bits per heavy atom. The fourth-order valence-corrected chi connectivity index (χ4v) is 2.10. The quantitative estimate of drug-likeness (QED) is 0.825. The van der Waals surface area contributed by atoms with Crippen LogP contribution in [-0.2, 0) is 12.8 Å². The second-order valence-corrected chi connectivity index (χ2v) is 4.35. The van der Waals surface area contributed by atoms with Crippen molar-refractivity contribution in [2.24, 2.45) is 0 Å². The highest BCUT2D eigenvalue weighted by atomic mass is 16.5. The average Bonchev–Trinajstić information content (AvgIpc) is 2.81. The van der Waals surface area contributed by atoms with Gasteiger partial charge >= 0.3 is 0 Å². The number of rotatable bonds is 2. The minimum Gasteiger partial charge on any atom is -0.493 e. The number of ether oxygens (including phenoxy) is 1. The van der Waals surface area contributed by atoms with Crippen molar-refractivity contribution in [3.8, 4) is 5.75 Å². The Kier molecular flexibility index (Phi) is 2.51. The molecule has 3 rings (SSSR count). The van der Waals surface area contributed by atoms with Crippen LogP contribution in [0.25, 0.3) is 0 Å². The summed E-state index contributed by atoms with van der Waals surface area (Å²) in [4.78, 5) is 8.23. The summed E-state index contributed by atoms with van der Waals surface area (Å²) in [6.07, 6.45) is 3.33. The van der Waals surface area contributed by atoms with Gasteiger partial charge in [0.25, 0.3) is 0 Å². The van der Waals surface area contributed by atoms with E-state index in [0.29, 0.717) is 6.42 Å². The van der Waals surface area contributed by atoms with Gasteiger partial charge < -0.3 is 16.2 Å². The van der Waals surface area contributed by atoms with E-state index in [0.717, 1.165) is 24.5 Å². The monoisotopic (exact) mass is 242 g/mol. The highest BCUT2D eigenvalue weighted by Crippen LogP contribution is 2.26. The van der Waals surface area contributed by atoms with Crippen LogP contribution in [0.3, 0.4) is 0 Å². The molecule has 0 spiro atoms. The summed E-state index contributed by atoms with van der Waals surface area (Å²) in [6, 6.07) is 6.20. The van der Waals surface area contributed by atoms with Crippen LogP contribution in [-0.4, -0.2) is 16.6 Å². The lowest BCUT2D eigenvalue weighted by atomic mass is 10.1. The van der Waals surface area contributed by atoms with Gasteiger partial charge in [0.2, 0.25) is 0 Å². The zero-order valence-corrected chi connectivity index (χ0v) is 9.89. The summed E-state index contributed by atoms with van der Waals surface area (Å²) in [7, 11) is 0. The highest BCUT2D eigenvalue weighted by molar-refractivity contribution is 5.52. The third-order valence-corrected chi connectivity index (χ3v) is 3.02. The van der Waals surface area contributed by atoms with E-state index in [2.05, 4.69) is 16.0 Å². The molecule has 0 bridgehead atoms. The molecule has 5 heteroatoms. The highest BCUT2D eigenvalue weighted by Gasteiger charge is 2.12. The number of hydrogen-bond donors (Lipinski definition) is 2. The SMILES string of the molecule is Nc1ncc(Cc2ccc3c(c2)CCO3)nc1N. The summed E-state index contributed by atoms with van der Waals surface area (Å²) in [5.74, 6) is 1.56. The smallest absolute Gasteiger partial charge is 0.166 e. The fourth-order valence-electron chi connectivity index (χ4n) is 2.10. The molecule has 0 atom stereocenters. The van der Waals surface area contributed by atoms with Crippen molar-refractivity contribution in [3.05, 3.63) is 41.2 Å². The lowest BCUT2D eigenvalue weighted by molar-refractivity contribution is 0.357. The first-order chi connectivity index (χ1) is 8.72. The van der Waals surface area contributed by atoms with Crippen LogP contribution in [0.4, 0.5) is 11.6 Å². The van der Waals surface area contributed by atoms with E-state index in [1.165, 1.54) is 11.1 Å². The number of aromatic nitrogens is 2. The summed E-state index contributed by atoms with van der Waals surface area (Å²) >= 11 is 0. The predicted molar refractivity (Wildman–Crippen MR) is 69.3 cm³/mol. The van der Waals surface area contributed by atoms with Crippen LogP contribution < -0.4 is 16.2 Å². The Hall–Kier alpha value is -2.30. The largest absolute Gasteiger partial charge is 0.493 e. The molecule has 0 saturated heterocycles. The first kappa shape index (κ1) is 10.8. The molecule has 92 valence electrons. The van der Waals surface area contributed by atoms with Gasteiger partial charge in [-0.05, 0) is 17.2 Å². The van der Waals surface area contributed by atoms with Crippen LogP contribution in [0, 0.1) is 0 Å². The van der Waals surface area contributed by atoms with Crippen molar-refractivity contribution in [1.29, 1.82) is 0 Å². The molecule has 1 aliphatic heterocycles. The van der Waals surface area contributed by atoms with Gasteiger partial charge in [-0.1, -0.05) is 12.1 Å². The maximum absolute atomic E-state index is 5.65. The molecule has 2 heterocycles. The summed E-state index contributed by atoms with van der Waals surface area (Å²) in [6.45, 7) is 0.771. The van der Waals surface area contributed by atoms with E-state index in [1.807, 2.05) is 12.1 Å². The molecule has 1 aliphatic rings. The molecule has 0 amide bonds. The molecule has 0 fully saturated rings. The van der Waals surface area contributed by atoms with Crippen LogP contribution in [0.15, 0.2) is 24.4 Å². The van der Waals surface area contributed by atoms with Gasteiger partial charge in [-0.25, -0.2) is 9.97 Å². The zero-order valence-electron chi connectivity index (χ0n) is 9.89. The summed E-state index contributed by atoms with van der Waals surface area (Å²) in [5.41, 5.74) is 14.4. The van der Waals surface area contributed by atoms with Gasteiger partial charge in [-0.3, -0.25) is 0 Å². The van der Waals surface area contributed by atoms with Crippen LogP contribution in [0.1, 0.15) is 16.8 Å². The van der Waals surface area contributed by atoms with E-state index in [4.69, 9.17) is 16.2 Å². The maximum atomic E-state index is 5.65. The lowest BCUT2D eigenvalue weighted by Gasteiger charge is -2.05. The van der Waals surface area contributed by atoms with Gasteiger partial charge in [-0.2, -0.15) is 0 Å². The molecule has 0 unspecified atom stereocenters. The molecular formula is C13H14N4O. The Labute approximate surface area is 105 Å². The number of benzene rings is 1. The first-order valence-electron chi connectivity index (χ1n) is 5.84. The standard InChI is InChI=1S/C13H14N4O/c14-12-13(15)17-10(7-16-12)6-8-1-2-11-9(5-8)3-4-18-11/h1-2,5,7H,3-4,6H2,(H2,14,16)(H2,15,17). The molecule has 0 saturated carbocycles. The Morgan fingerprint density at radius 2 is 2.11 bits per heavy atom. The molecule has 5 nitrogen and oxygen atoms in total. The second-order valence-electron chi connectivity index (χ2n) is 4.35. The number of nitrogens with two attached hydrogens (primary N) is 2. The van der Waals surface area contributed by atoms with E-state index >= 15 is 0 Å². The average molecular weight is 242 g/mol. The van der Waals surface area contributed by atoms with E-state index in [9.17, 15) is 0 Å². The molecule has 1 aromatic heterocycles. The zero-order chi connectivity index (χ0) is 12.5. The molecule has 0 radical (unpaired) electrons. The summed E-state index contributed by atoms with van der Waals surface area (Å²) < 4.78 is 5.47. The van der Waals surface area contributed by atoms with Crippen LogP contribution in [0.2, 0.25) is 0 Å².